The number of hydrogen-bond donors (Lipinski definition) is 0. The van der Waals surface area contributed by atoms with Crippen LogP contribution in [0.25, 0.3) is 0 Å². The summed E-state index contributed by atoms with van der Waals surface area (Å²) < 4.78 is 2.80. The van der Waals surface area contributed by atoms with Gasteiger partial charge in [-0.1, -0.05) is 0 Å². The van der Waals surface area contributed by atoms with Gasteiger partial charge < -0.3 is 0 Å². The van der Waals surface area contributed by atoms with E-state index >= 15 is 0 Å². The number of halogens is 2. The van der Waals surface area contributed by atoms with Crippen molar-refractivity contribution < 1.29 is 0 Å². The Labute approximate surface area is 74.2 Å². The van der Waals surface area contributed by atoms with Gasteiger partial charge in [-0.15, -0.1) is 0 Å². The summed E-state index contributed by atoms with van der Waals surface area (Å²) in [4.78, 5) is 0. The molecular formula is C6H14Br2Te. The zero-order valence-electron chi connectivity index (χ0n) is 5.99. The third-order valence-electron chi connectivity index (χ3n) is 1.01. The predicted molar refractivity (Wildman–Crippen MR) is 53.8 cm³/mol. The molecule has 0 aromatic rings. The van der Waals surface area contributed by atoms with Crippen LogP contribution in [0.2, 0.25) is 8.94 Å². The van der Waals surface area contributed by atoms with Crippen molar-refractivity contribution >= 4 is 39.3 Å². The van der Waals surface area contributed by atoms with Crippen LogP contribution in [0.3, 0.4) is 0 Å². The SMILES string of the molecule is CCC[Te](Br)(Br)CCC. The van der Waals surface area contributed by atoms with Crippen molar-refractivity contribution in [2.45, 2.75) is 35.6 Å². The van der Waals surface area contributed by atoms with Crippen molar-refractivity contribution in [3.05, 3.63) is 0 Å². The van der Waals surface area contributed by atoms with E-state index in [1.807, 2.05) is 0 Å². The second-order valence-electron chi connectivity index (χ2n) is 2.11. The molecule has 0 aliphatic rings. The minimum atomic E-state index is -1.56. The molecule has 0 rings (SSSR count). The molecule has 0 amide bonds. The van der Waals surface area contributed by atoms with Crippen molar-refractivity contribution in [2.75, 3.05) is 0 Å². The predicted octanol–water partition coefficient (Wildman–Crippen LogP) is 4.04. The van der Waals surface area contributed by atoms with Crippen LogP contribution in [-0.4, -0.2) is 13.8 Å². The monoisotopic (exact) mass is 374 g/mol. The van der Waals surface area contributed by atoms with Gasteiger partial charge in [0.25, 0.3) is 0 Å². The normalized spacial score (nSPS) is 13.8. The molecule has 0 atom stereocenters. The quantitative estimate of drug-likeness (QED) is 0.653. The van der Waals surface area contributed by atoms with E-state index in [0.29, 0.717) is 0 Å². The molecule has 0 radical (unpaired) electrons. The van der Waals surface area contributed by atoms with Crippen LogP contribution in [0.1, 0.15) is 26.7 Å². The van der Waals surface area contributed by atoms with E-state index in [4.69, 9.17) is 0 Å². The molecule has 0 unspecified atom stereocenters. The molecule has 0 saturated heterocycles. The maximum atomic E-state index is 3.81. The zero-order chi connectivity index (χ0) is 7.33. The van der Waals surface area contributed by atoms with E-state index in [0.717, 1.165) is 0 Å². The molecule has 0 fully saturated rings. The van der Waals surface area contributed by atoms with Crippen LogP contribution in [0.5, 0.6) is 0 Å². The Balaban J connectivity index is 3.43. The van der Waals surface area contributed by atoms with Gasteiger partial charge in [-0.05, 0) is 0 Å². The van der Waals surface area contributed by atoms with Gasteiger partial charge in [0.15, 0.2) is 0 Å². The van der Waals surface area contributed by atoms with E-state index in [9.17, 15) is 0 Å². The van der Waals surface area contributed by atoms with Crippen molar-refractivity contribution in [3.8, 4) is 0 Å². The molecule has 3 heteroatoms. The summed E-state index contributed by atoms with van der Waals surface area (Å²) in [6, 6.07) is 0. The van der Waals surface area contributed by atoms with Gasteiger partial charge in [-0.2, -0.15) is 0 Å². The van der Waals surface area contributed by atoms with Crippen molar-refractivity contribution in [1.29, 1.82) is 0 Å². The van der Waals surface area contributed by atoms with Gasteiger partial charge in [0.05, 0.1) is 0 Å². The Morgan fingerprint density at radius 2 is 1.33 bits per heavy atom. The Bertz CT molecular complexity index is 65.5. The van der Waals surface area contributed by atoms with E-state index in [2.05, 4.69) is 39.4 Å². The fourth-order valence-electron chi connectivity index (χ4n) is 0.699. The summed E-state index contributed by atoms with van der Waals surface area (Å²) in [5.41, 5.74) is 0. The van der Waals surface area contributed by atoms with Crippen molar-refractivity contribution in [1.82, 2.24) is 0 Å². The standard InChI is InChI=1S/C6H14Br2Te/c1-3-5-9(7,8)6-4-2/h3-6H2,1-2H3. The summed E-state index contributed by atoms with van der Waals surface area (Å²) >= 11 is 6.06. The van der Waals surface area contributed by atoms with Crippen LogP contribution in [0.4, 0.5) is 0 Å². The summed E-state index contributed by atoms with van der Waals surface area (Å²) in [5.74, 6) is 0. The molecule has 0 spiro atoms. The average molecular weight is 374 g/mol. The molecule has 0 bridgehead atoms. The first-order valence-electron chi connectivity index (χ1n) is 3.30. The minimum absolute atomic E-state index is 1.32. The van der Waals surface area contributed by atoms with Crippen molar-refractivity contribution in [2.24, 2.45) is 0 Å². The summed E-state index contributed by atoms with van der Waals surface area (Å²) in [6.07, 6.45) is 2.63. The molecule has 0 aliphatic carbocycles. The molecular weight excluding hydrogens is 359 g/mol. The Morgan fingerprint density at radius 1 is 1.00 bits per heavy atom. The maximum absolute atomic E-state index is 3.81. The first-order valence-corrected chi connectivity index (χ1v) is 17.0. The molecule has 0 heterocycles. The van der Waals surface area contributed by atoms with Gasteiger partial charge in [0.2, 0.25) is 0 Å². The van der Waals surface area contributed by atoms with Crippen LogP contribution < -0.4 is 0 Å². The molecule has 0 aliphatic heterocycles. The van der Waals surface area contributed by atoms with E-state index in [-0.39, 0.29) is 0 Å². The number of hydrogen-bond acceptors (Lipinski definition) is 0. The van der Waals surface area contributed by atoms with Crippen molar-refractivity contribution in [3.63, 3.8) is 0 Å². The molecule has 58 valence electrons. The third-order valence-corrected chi connectivity index (χ3v) is 15.4. The number of rotatable bonds is 4. The zero-order valence-corrected chi connectivity index (χ0v) is 11.5. The van der Waals surface area contributed by atoms with Crippen LogP contribution in [0.15, 0.2) is 0 Å². The second-order valence-corrected chi connectivity index (χ2v) is 30.9. The van der Waals surface area contributed by atoms with Gasteiger partial charge in [0, 0.05) is 0 Å². The first-order chi connectivity index (χ1) is 4.12. The van der Waals surface area contributed by atoms with E-state index in [1.54, 1.807) is 0 Å². The van der Waals surface area contributed by atoms with E-state index < -0.39 is 13.8 Å². The van der Waals surface area contributed by atoms with Crippen LogP contribution in [-0.2, 0) is 0 Å². The summed E-state index contributed by atoms with van der Waals surface area (Å²) in [6.45, 7) is 4.50. The average Bonchev–Trinajstić information content (AvgIpc) is 1.64. The van der Waals surface area contributed by atoms with Crippen LogP contribution >= 0.6 is 25.5 Å². The summed E-state index contributed by atoms with van der Waals surface area (Å²) in [5, 5.41) is 0. The molecule has 9 heavy (non-hydrogen) atoms. The van der Waals surface area contributed by atoms with Gasteiger partial charge in [0.1, 0.15) is 0 Å². The second kappa shape index (κ2) is 5.41. The third kappa shape index (κ3) is 6.16. The Kier molecular flexibility index (Phi) is 6.46. The fraction of sp³-hybridized carbons (Fsp3) is 1.00. The van der Waals surface area contributed by atoms with Gasteiger partial charge >= 0.3 is 74.9 Å². The van der Waals surface area contributed by atoms with Gasteiger partial charge in [-0.25, -0.2) is 0 Å². The molecule has 0 nitrogen and oxygen atoms in total. The van der Waals surface area contributed by atoms with Crippen LogP contribution in [0, 0.1) is 0 Å². The molecule has 0 aromatic heterocycles. The fourth-order valence-corrected chi connectivity index (χ4v) is 13.4. The molecule has 0 N–H and O–H groups in total. The molecule has 0 saturated carbocycles. The first kappa shape index (κ1) is 10.7. The van der Waals surface area contributed by atoms with Gasteiger partial charge in [-0.3, -0.25) is 0 Å². The topological polar surface area (TPSA) is 0 Å². The summed E-state index contributed by atoms with van der Waals surface area (Å²) in [7, 11) is 0. The Hall–Kier alpha value is 1.75. The molecule has 0 aromatic carbocycles. The Morgan fingerprint density at radius 3 is 1.56 bits per heavy atom. The van der Waals surface area contributed by atoms with E-state index in [1.165, 1.54) is 21.8 Å².